The number of aliphatic hydroxyl groups is 1. The fourth-order valence-electron chi connectivity index (χ4n) is 1.18. The lowest BCUT2D eigenvalue weighted by Crippen LogP contribution is -2.38. The summed E-state index contributed by atoms with van der Waals surface area (Å²) in [4.78, 5) is 32.5. The van der Waals surface area contributed by atoms with E-state index >= 15 is 0 Å². The average Bonchev–Trinajstić information content (AvgIpc) is 2.36. The summed E-state index contributed by atoms with van der Waals surface area (Å²) in [6, 6.07) is 5.06. The number of amides is 2. The highest BCUT2D eigenvalue weighted by atomic mass is 16.6. The minimum absolute atomic E-state index is 0.0352. The smallest absolute Gasteiger partial charge is 0.313 e. The number of carbonyl (C=O) groups is 2. The third-order valence-corrected chi connectivity index (χ3v) is 2.10. The second-order valence-electron chi connectivity index (χ2n) is 3.82. The van der Waals surface area contributed by atoms with Crippen LogP contribution >= 0.6 is 0 Å². The second kappa shape index (κ2) is 6.45. The zero-order chi connectivity index (χ0) is 14.4. The Bertz CT molecular complexity index is 484. The molecule has 0 unspecified atom stereocenters. The number of hydrogen-bond acceptors (Lipinski definition) is 5. The Kier molecular flexibility index (Phi) is 4.95. The first-order chi connectivity index (χ1) is 8.90. The number of nitro benzene ring substituents is 1. The third kappa shape index (κ3) is 4.72. The van der Waals surface area contributed by atoms with Gasteiger partial charge < -0.3 is 15.7 Å². The minimum atomic E-state index is -0.908. The normalized spacial score (nSPS) is 11.5. The fraction of sp³-hybridized carbons (Fsp3) is 0.273. The molecule has 0 bridgehead atoms. The van der Waals surface area contributed by atoms with Gasteiger partial charge in [0.1, 0.15) is 0 Å². The van der Waals surface area contributed by atoms with E-state index in [0.29, 0.717) is 0 Å². The molecule has 102 valence electrons. The van der Waals surface area contributed by atoms with Crippen LogP contribution in [0.3, 0.4) is 0 Å². The molecule has 0 aromatic heterocycles. The molecular weight excluding hydrogens is 254 g/mol. The molecule has 19 heavy (non-hydrogen) atoms. The highest BCUT2D eigenvalue weighted by molar-refractivity contribution is 6.39. The number of anilines is 1. The number of nitrogens with zero attached hydrogens (tertiary/aromatic N) is 1. The Morgan fingerprint density at radius 1 is 1.32 bits per heavy atom. The van der Waals surface area contributed by atoms with Gasteiger partial charge >= 0.3 is 11.8 Å². The van der Waals surface area contributed by atoms with Gasteiger partial charge in [-0.25, -0.2) is 0 Å². The summed E-state index contributed by atoms with van der Waals surface area (Å²) in [5.41, 5.74) is 0.152. The van der Waals surface area contributed by atoms with Crippen LogP contribution in [0.5, 0.6) is 0 Å². The average molecular weight is 267 g/mol. The predicted molar refractivity (Wildman–Crippen MR) is 66.4 cm³/mol. The van der Waals surface area contributed by atoms with Gasteiger partial charge in [0, 0.05) is 24.4 Å². The van der Waals surface area contributed by atoms with Crippen molar-refractivity contribution < 1.29 is 19.6 Å². The van der Waals surface area contributed by atoms with Crippen LogP contribution in [0.15, 0.2) is 24.3 Å². The molecule has 0 fully saturated rings. The lowest BCUT2D eigenvalue weighted by atomic mass is 10.3. The van der Waals surface area contributed by atoms with Crippen molar-refractivity contribution in [2.75, 3.05) is 11.9 Å². The summed E-state index contributed by atoms with van der Waals surface area (Å²) >= 11 is 0. The second-order valence-corrected chi connectivity index (χ2v) is 3.82. The largest absolute Gasteiger partial charge is 0.392 e. The first kappa shape index (κ1) is 14.6. The SMILES string of the molecule is C[C@@H](O)CNC(=O)C(=O)Nc1ccc([N+](=O)[O-])cc1. The van der Waals surface area contributed by atoms with Crippen LogP contribution in [0.1, 0.15) is 6.92 Å². The van der Waals surface area contributed by atoms with Crippen LogP contribution in [0.25, 0.3) is 0 Å². The van der Waals surface area contributed by atoms with E-state index in [-0.39, 0.29) is 17.9 Å². The lowest BCUT2D eigenvalue weighted by molar-refractivity contribution is -0.384. The predicted octanol–water partition coefficient (Wildman–Crippen LogP) is 0.0303. The van der Waals surface area contributed by atoms with Gasteiger partial charge in [-0.15, -0.1) is 0 Å². The molecule has 8 nitrogen and oxygen atoms in total. The summed E-state index contributed by atoms with van der Waals surface area (Å²) in [6.45, 7) is 1.43. The quantitative estimate of drug-likeness (QED) is 0.403. The Balaban J connectivity index is 2.56. The van der Waals surface area contributed by atoms with E-state index < -0.39 is 22.8 Å². The molecule has 1 aromatic rings. The number of nitro groups is 1. The van der Waals surface area contributed by atoms with Crippen LogP contribution in [0.2, 0.25) is 0 Å². The van der Waals surface area contributed by atoms with Gasteiger partial charge in [-0.1, -0.05) is 0 Å². The molecule has 0 aliphatic heterocycles. The van der Waals surface area contributed by atoms with E-state index in [2.05, 4.69) is 10.6 Å². The number of nitrogens with one attached hydrogen (secondary N) is 2. The van der Waals surface area contributed by atoms with Crippen LogP contribution < -0.4 is 10.6 Å². The van der Waals surface area contributed by atoms with E-state index in [1.807, 2.05) is 0 Å². The molecule has 0 saturated carbocycles. The highest BCUT2D eigenvalue weighted by Gasteiger charge is 2.14. The van der Waals surface area contributed by atoms with Crippen molar-refractivity contribution >= 4 is 23.2 Å². The molecule has 1 rings (SSSR count). The summed E-state index contributed by atoms with van der Waals surface area (Å²) < 4.78 is 0. The van der Waals surface area contributed by atoms with Crippen molar-refractivity contribution in [1.82, 2.24) is 5.32 Å². The maximum absolute atomic E-state index is 11.4. The number of hydrogen-bond donors (Lipinski definition) is 3. The maximum atomic E-state index is 11.4. The summed E-state index contributed by atoms with van der Waals surface area (Å²) in [7, 11) is 0. The van der Waals surface area contributed by atoms with Crippen molar-refractivity contribution in [1.29, 1.82) is 0 Å². The molecule has 1 aromatic carbocycles. The minimum Gasteiger partial charge on any atom is -0.392 e. The Hall–Kier alpha value is -2.48. The number of aliphatic hydroxyl groups excluding tert-OH is 1. The fourth-order valence-corrected chi connectivity index (χ4v) is 1.18. The molecule has 0 radical (unpaired) electrons. The third-order valence-electron chi connectivity index (χ3n) is 2.10. The summed E-state index contributed by atoms with van der Waals surface area (Å²) in [5.74, 6) is -1.80. The lowest BCUT2D eigenvalue weighted by Gasteiger charge is -2.07. The van der Waals surface area contributed by atoms with Gasteiger partial charge in [-0.3, -0.25) is 19.7 Å². The van der Waals surface area contributed by atoms with Crippen molar-refractivity contribution in [3.63, 3.8) is 0 Å². The van der Waals surface area contributed by atoms with Crippen molar-refractivity contribution in [3.05, 3.63) is 34.4 Å². The Morgan fingerprint density at radius 3 is 2.37 bits per heavy atom. The topological polar surface area (TPSA) is 122 Å². The molecule has 0 aliphatic rings. The molecule has 0 spiro atoms. The van der Waals surface area contributed by atoms with Gasteiger partial charge in [0.2, 0.25) is 0 Å². The molecule has 1 atom stereocenters. The molecule has 0 saturated heterocycles. The molecular formula is C11H13N3O5. The molecule has 0 heterocycles. The van der Waals surface area contributed by atoms with Crippen LogP contribution in [0, 0.1) is 10.1 Å². The van der Waals surface area contributed by atoms with Crippen molar-refractivity contribution in [3.8, 4) is 0 Å². The zero-order valence-electron chi connectivity index (χ0n) is 10.1. The van der Waals surface area contributed by atoms with Gasteiger partial charge in [0.25, 0.3) is 5.69 Å². The number of rotatable bonds is 4. The van der Waals surface area contributed by atoms with E-state index in [1.54, 1.807) is 0 Å². The monoisotopic (exact) mass is 267 g/mol. The number of carbonyl (C=O) groups excluding carboxylic acids is 2. The van der Waals surface area contributed by atoms with Crippen LogP contribution in [0.4, 0.5) is 11.4 Å². The maximum Gasteiger partial charge on any atom is 0.313 e. The van der Waals surface area contributed by atoms with Crippen molar-refractivity contribution in [2.24, 2.45) is 0 Å². The van der Waals surface area contributed by atoms with Crippen LogP contribution in [-0.4, -0.2) is 34.5 Å². The number of benzene rings is 1. The van der Waals surface area contributed by atoms with Gasteiger partial charge in [0.15, 0.2) is 0 Å². The molecule has 3 N–H and O–H groups in total. The first-order valence-corrected chi connectivity index (χ1v) is 5.42. The van der Waals surface area contributed by atoms with Gasteiger partial charge in [-0.2, -0.15) is 0 Å². The van der Waals surface area contributed by atoms with E-state index in [1.165, 1.54) is 31.2 Å². The van der Waals surface area contributed by atoms with E-state index in [4.69, 9.17) is 5.11 Å². The van der Waals surface area contributed by atoms with E-state index in [9.17, 15) is 19.7 Å². The molecule has 0 aliphatic carbocycles. The zero-order valence-corrected chi connectivity index (χ0v) is 10.1. The Morgan fingerprint density at radius 2 is 1.89 bits per heavy atom. The van der Waals surface area contributed by atoms with Crippen LogP contribution in [-0.2, 0) is 9.59 Å². The summed E-state index contributed by atoms with van der Waals surface area (Å²) in [6.07, 6.45) is -0.754. The standard InChI is InChI=1S/C11H13N3O5/c1-7(15)6-12-10(16)11(17)13-8-2-4-9(5-3-8)14(18)19/h2-5,7,15H,6H2,1H3,(H,12,16)(H,13,17)/t7-/m1/s1. The molecule has 2 amide bonds. The van der Waals surface area contributed by atoms with Gasteiger partial charge in [0.05, 0.1) is 11.0 Å². The first-order valence-electron chi connectivity index (χ1n) is 5.42. The Labute approximate surface area is 108 Å². The van der Waals surface area contributed by atoms with Gasteiger partial charge in [-0.05, 0) is 19.1 Å². The van der Waals surface area contributed by atoms with E-state index in [0.717, 1.165) is 0 Å². The van der Waals surface area contributed by atoms with Crippen molar-refractivity contribution in [2.45, 2.75) is 13.0 Å². The number of non-ortho nitro benzene ring substituents is 1. The molecule has 8 heteroatoms. The highest BCUT2D eigenvalue weighted by Crippen LogP contribution is 2.15. The summed E-state index contributed by atoms with van der Waals surface area (Å²) in [5, 5.41) is 23.9.